The Balaban J connectivity index is 2.57. The Kier molecular flexibility index (Phi) is 2.92. The predicted molar refractivity (Wildman–Crippen MR) is 64.9 cm³/mol. The van der Waals surface area contributed by atoms with E-state index >= 15 is 0 Å². The molecule has 0 aliphatic rings. The average Bonchev–Trinajstić information content (AvgIpc) is 2.74. The van der Waals surface area contributed by atoms with Crippen LogP contribution in [-0.4, -0.2) is 14.8 Å². The van der Waals surface area contributed by atoms with Crippen molar-refractivity contribution in [1.29, 1.82) is 5.26 Å². The van der Waals surface area contributed by atoms with Crippen molar-refractivity contribution >= 4 is 0 Å². The largest absolute Gasteiger partial charge is 0.220 e. The molecule has 0 fully saturated rings. The van der Waals surface area contributed by atoms with Crippen LogP contribution in [0.15, 0.2) is 24.5 Å². The van der Waals surface area contributed by atoms with E-state index in [4.69, 9.17) is 0 Å². The molecule has 0 N–H and O–H groups in total. The fraction of sp³-hybridized carbons (Fsp3) is 0.308. The van der Waals surface area contributed by atoms with E-state index in [9.17, 15) is 5.26 Å². The highest BCUT2D eigenvalue weighted by molar-refractivity contribution is 5.51. The first-order valence-corrected chi connectivity index (χ1v) is 5.54. The Hall–Kier alpha value is -2.15. The molecule has 2 aromatic rings. The van der Waals surface area contributed by atoms with E-state index in [1.165, 1.54) is 6.33 Å². The molecule has 2 rings (SSSR count). The van der Waals surface area contributed by atoms with Gasteiger partial charge in [-0.05, 0) is 30.5 Å². The van der Waals surface area contributed by atoms with Crippen LogP contribution in [-0.2, 0) is 0 Å². The van der Waals surface area contributed by atoms with E-state index in [1.807, 2.05) is 25.1 Å². The molecule has 4 heteroatoms. The van der Waals surface area contributed by atoms with Crippen LogP contribution in [0, 0.1) is 18.3 Å². The molecule has 0 atom stereocenters. The number of hydrogen-bond donors (Lipinski definition) is 0. The van der Waals surface area contributed by atoms with E-state index < -0.39 is 0 Å². The summed E-state index contributed by atoms with van der Waals surface area (Å²) in [7, 11) is 0. The molecule has 1 heterocycles. The number of benzene rings is 1. The quantitative estimate of drug-likeness (QED) is 0.790. The Labute approximate surface area is 101 Å². The Morgan fingerprint density at radius 2 is 2.12 bits per heavy atom. The van der Waals surface area contributed by atoms with Gasteiger partial charge < -0.3 is 0 Å². The van der Waals surface area contributed by atoms with Crippen molar-refractivity contribution < 1.29 is 0 Å². The molecule has 0 radical (unpaired) electrons. The lowest BCUT2D eigenvalue weighted by Crippen LogP contribution is -2.03. The minimum absolute atomic E-state index is 0.410. The SMILES string of the molecule is Cc1ncnn1-c1ccc(C(C)C)cc1C#N. The molecular formula is C13H14N4. The molecule has 0 bridgehead atoms. The van der Waals surface area contributed by atoms with Gasteiger partial charge in [0.15, 0.2) is 0 Å². The number of rotatable bonds is 2. The van der Waals surface area contributed by atoms with Crippen LogP contribution in [0.2, 0.25) is 0 Å². The fourth-order valence-electron chi connectivity index (χ4n) is 1.72. The van der Waals surface area contributed by atoms with E-state index in [1.54, 1.807) is 4.68 Å². The molecule has 0 saturated carbocycles. The first kappa shape index (κ1) is 11.3. The van der Waals surface area contributed by atoms with E-state index in [0.717, 1.165) is 17.1 Å². The molecule has 17 heavy (non-hydrogen) atoms. The van der Waals surface area contributed by atoms with Gasteiger partial charge in [-0.15, -0.1) is 0 Å². The van der Waals surface area contributed by atoms with Crippen LogP contribution < -0.4 is 0 Å². The first-order chi connectivity index (χ1) is 8.13. The van der Waals surface area contributed by atoms with Crippen molar-refractivity contribution in [2.75, 3.05) is 0 Å². The van der Waals surface area contributed by atoms with Crippen molar-refractivity contribution in [3.05, 3.63) is 41.5 Å². The van der Waals surface area contributed by atoms with Gasteiger partial charge in [0.1, 0.15) is 18.2 Å². The normalized spacial score (nSPS) is 10.5. The number of nitrogens with zero attached hydrogens (tertiary/aromatic N) is 4. The Morgan fingerprint density at radius 1 is 1.35 bits per heavy atom. The maximum Gasteiger partial charge on any atom is 0.138 e. The van der Waals surface area contributed by atoms with Gasteiger partial charge in [-0.25, -0.2) is 9.67 Å². The lowest BCUT2D eigenvalue weighted by atomic mass is 10.00. The molecule has 1 aromatic heterocycles. The van der Waals surface area contributed by atoms with Gasteiger partial charge in [0, 0.05) is 0 Å². The summed E-state index contributed by atoms with van der Waals surface area (Å²) in [4.78, 5) is 4.07. The van der Waals surface area contributed by atoms with Crippen molar-refractivity contribution in [1.82, 2.24) is 14.8 Å². The van der Waals surface area contributed by atoms with Gasteiger partial charge in [-0.1, -0.05) is 19.9 Å². The van der Waals surface area contributed by atoms with Gasteiger partial charge in [0.2, 0.25) is 0 Å². The molecule has 1 aromatic carbocycles. The number of aromatic nitrogens is 3. The van der Waals surface area contributed by atoms with Crippen LogP contribution in [0.4, 0.5) is 0 Å². The molecule has 86 valence electrons. The molecule has 0 unspecified atom stereocenters. The Bertz CT molecular complexity index is 575. The summed E-state index contributed by atoms with van der Waals surface area (Å²) < 4.78 is 1.68. The number of aryl methyl sites for hydroxylation is 1. The molecule has 4 nitrogen and oxygen atoms in total. The van der Waals surface area contributed by atoms with E-state index in [-0.39, 0.29) is 0 Å². The van der Waals surface area contributed by atoms with E-state index in [2.05, 4.69) is 30.0 Å². The van der Waals surface area contributed by atoms with Gasteiger partial charge >= 0.3 is 0 Å². The minimum Gasteiger partial charge on any atom is -0.220 e. The maximum atomic E-state index is 9.20. The molecule has 0 aliphatic carbocycles. The highest BCUT2D eigenvalue weighted by Crippen LogP contribution is 2.21. The van der Waals surface area contributed by atoms with Crippen LogP contribution in [0.1, 0.15) is 36.7 Å². The monoisotopic (exact) mass is 226 g/mol. The summed E-state index contributed by atoms with van der Waals surface area (Å²) in [5, 5.41) is 13.3. The second-order valence-corrected chi connectivity index (χ2v) is 4.26. The van der Waals surface area contributed by atoms with Crippen LogP contribution >= 0.6 is 0 Å². The van der Waals surface area contributed by atoms with Crippen LogP contribution in [0.5, 0.6) is 0 Å². The van der Waals surface area contributed by atoms with Gasteiger partial charge in [-0.2, -0.15) is 10.4 Å². The fourth-order valence-corrected chi connectivity index (χ4v) is 1.72. The van der Waals surface area contributed by atoms with Gasteiger partial charge in [0.25, 0.3) is 0 Å². The van der Waals surface area contributed by atoms with Crippen LogP contribution in [0.3, 0.4) is 0 Å². The smallest absolute Gasteiger partial charge is 0.138 e. The summed E-state index contributed by atoms with van der Waals surface area (Å²) >= 11 is 0. The van der Waals surface area contributed by atoms with Crippen molar-refractivity contribution in [2.24, 2.45) is 0 Å². The summed E-state index contributed by atoms with van der Waals surface area (Å²) in [6, 6.07) is 8.09. The molecular weight excluding hydrogens is 212 g/mol. The number of nitriles is 1. The third kappa shape index (κ3) is 2.04. The third-order valence-electron chi connectivity index (χ3n) is 2.75. The molecule has 0 spiro atoms. The summed E-state index contributed by atoms with van der Waals surface area (Å²) in [5.41, 5.74) is 2.57. The molecule has 0 saturated heterocycles. The zero-order valence-electron chi connectivity index (χ0n) is 10.2. The maximum absolute atomic E-state index is 9.20. The predicted octanol–water partition coefficient (Wildman–Crippen LogP) is 2.57. The lowest BCUT2D eigenvalue weighted by Gasteiger charge is -2.10. The zero-order chi connectivity index (χ0) is 12.4. The van der Waals surface area contributed by atoms with E-state index in [0.29, 0.717) is 11.5 Å². The summed E-state index contributed by atoms with van der Waals surface area (Å²) in [5.74, 6) is 1.19. The summed E-state index contributed by atoms with van der Waals surface area (Å²) in [6.07, 6.45) is 1.49. The minimum atomic E-state index is 0.410. The van der Waals surface area contributed by atoms with Crippen molar-refractivity contribution in [3.63, 3.8) is 0 Å². The van der Waals surface area contributed by atoms with Crippen molar-refractivity contribution in [2.45, 2.75) is 26.7 Å². The molecule has 0 aliphatic heterocycles. The van der Waals surface area contributed by atoms with Crippen LogP contribution in [0.25, 0.3) is 5.69 Å². The number of hydrogen-bond acceptors (Lipinski definition) is 3. The zero-order valence-corrected chi connectivity index (χ0v) is 10.2. The standard InChI is InChI=1S/C13H14N4/c1-9(2)11-4-5-13(12(6-11)7-14)17-10(3)15-8-16-17/h4-6,8-9H,1-3H3. The average molecular weight is 226 g/mol. The third-order valence-corrected chi connectivity index (χ3v) is 2.75. The first-order valence-electron chi connectivity index (χ1n) is 5.54. The lowest BCUT2D eigenvalue weighted by molar-refractivity contribution is 0.828. The second-order valence-electron chi connectivity index (χ2n) is 4.26. The van der Waals surface area contributed by atoms with Gasteiger partial charge in [0.05, 0.1) is 11.3 Å². The van der Waals surface area contributed by atoms with Gasteiger partial charge in [-0.3, -0.25) is 0 Å². The van der Waals surface area contributed by atoms with Crippen molar-refractivity contribution in [3.8, 4) is 11.8 Å². The Morgan fingerprint density at radius 3 is 2.65 bits per heavy atom. The highest BCUT2D eigenvalue weighted by atomic mass is 15.3. The second kappa shape index (κ2) is 4.38. The topological polar surface area (TPSA) is 54.5 Å². The molecule has 0 amide bonds. The highest BCUT2D eigenvalue weighted by Gasteiger charge is 2.10. The summed E-state index contributed by atoms with van der Waals surface area (Å²) in [6.45, 7) is 6.08.